The molecular weight excluding hydrogens is 283 g/mol. The molecule has 0 aromatic heterocycles. The van der Waals surface area contributed by atoms with E-state index in [-0.39, 0.29) is 38.5 Å². The standard InChI is InChI=1S/C11H16F3NO5/c12-11(13,14)7-19-3-1-9(16)15-2-4-20-8(6-15)5-10(17)18/h8H,1-7H2,(H,17,18). The van der Waals surface area contributed by atoms with Gasteiger partial charge >= 0.3 is 12.1 Å². The zero-order valence-corrected chi connectivity index (χ0v) is 10.7. The Morgan fingerprint density at radius 3 is 2.70 bits per heavy atom. The van der Waals surface area contributed by atoms with Crippen LogP contribution in [0.25, 0.3) is 0 Å². The summed E-state index contributed by atoms with van der Waals surface area (Å²) < 4.78 is 45.0. The molecule has 0 aliphatic carbocycles. The van der Waals surface area contributed by atoms with E-state index in [9.17, 15) is 22.8 Å². The summed E-state index contributed by atoms with van der Waals surface area (Å²) >= 11 is 0. The van der Waals surface area contributed by atoms with Crippen LogP contribution in [0.15, 0.2) is 0 Å². The van der Waals surface area contributed by atoms with Crippen molar-refractivity contribution in [3.05, 3.63) is 0 Å². The molecule has 0 radical (unpaired) electrons. The van der Waals surface area contributed by atoms with Crippen molar-refractivity contribution in [1.82, 2.24) is 4.90 Å². The van der Waals surface area contributed by atoms with E-state index < -0.39 is 24.9 Å². The fourth-order valence-electron chi connectivity index (χ4n) is 1.77. The summed E-state index contributed by atoms with van der Waals surface area (Å²) in [5, 5.41) is 8.63. The van der Waals surface area contributed by atoms with Gasteiger partial charge in [0.25, 0.3) is 0 Å². The van der Waals surface area contributed by atoms with Crippen LogP contribution < -0.4 is 0 Å². The Labute approximate surface area is 113 Å². The highest BCUT2D eigenvalue weighted by Crippen LogP contribution is 2.15. The van der Waals surface area contributed by atoms with Gasteiger partial charge in [-0.2, -0.15) is 13.2 Å². The molecule has 6 nitrogen and oxygen atoms in total. The van der Waals surface area contributed by atoms with Gasteiger partial charge in [0.2, 0.25) is 5.91 Å². The Balaban J connectivity index is 2.27. The second-order valence-electron chi connectivity index (χ2n) is 4.35. The maximum absolute atomic E-state index is 11.8. The smallest absolute Gasteiger partial charge is 0.411 e. The number of ether oxygens (including phenoxy) is 2. The van der Waals surface area contributed by atoms with Gasteiger partial charge in [-0.1, -0.05) is 0 Å². The zero-order valence-electron chi connectivity index (χ0n) is 10.7. The highest BCUT2D eigenvalue weighted by atomic mass is 19.4. The first-order valence-electron chi connectivity index (χ1n) is 6.03. The molecule has 1 amide bonds. The lowest BCUT2D eigenvalue weighted by molar-refractivity contribution is -0.175. The third-order valence-corrected chi connectivity index (χ3v) is 2.62. The Morgan fingerprint density at radius 1 is 1.40 bits per heavy atom. The number of alkyl halides is 3. The summed E-state index contributed by atoms with van der Waals surface area (Å²) in [6.45, 7) is -1.06. The Bertz CT molecular complexity index is 347. The topological polar surface area (TPSA) is 76.1 Å². The van der Waals surface area contributed by atoms with Crippen molar-refractivity contribution in [3.63, 3.8) is 0 Å². The van der Waals surface area contributed by atoms with E-state index in [1.54, 1.807) is 0 Å². The Hall–Kier alpha value is -1.35. The van der Waals surface area contributed by atoms with Crippen LogP contribution >= 0.6 is 0 Å². The average Bonchev–Trinajstić information content (AvgIpc) is 2.32. The highest BCUT2D eigenvalue weighted by Gasteiger charge is 2.28. The number of hydrogen-bond acceptors (Lipinski definition) is 4. The molecule has 0 spiro atoms. The number of carboxylic acid groups (broad SMARTS) is 1. The van der Waals surface area contributed by atoms with Crippen LogP contribution in [0.1, 0.15) is 12.8 Å². The summed E-state index contributed by atoms with van der Waals surface area (Å²) in [6, 6.07) is 0. The fourth-order valence-corrected chi connectivity index (χ4v) is 1.77. The molecule has 1 atom stereocenters. The van der Waals surface area contributed by atoms with Crippen molar-refractivity contribution < 1.29 is 37.3 Å². The largest absolute Gasteiger partial charge is 0.481 e. The van der Waals surface area contributed by atoms with E-state index in [0.717, 1.165) is 0 Å². The molecule has 1 saturated heterocycles. The third kappa shape index (κ3) is 6.71. The van der Waals surface area contributed by atoms with Crippen LogP contribution in [0, 0.1) is 0 Å². The van der Waals surface area contributed by atoms with Gasteiger partial charge < -0.3 is 19.5 Å². The number of nitrogens with zero attached hydrogens (tertiary/aromatic N) is 1. The maximum Gasteiger partial charge on any atom is 0.411 e. The van der Waals surface area contributed by atoms with Crippen LogP contribution in [-0.4, -0.2) is 67.1 Å². The highest BCUT2D eigenvalue weighted by molar-refractivity contribution is 5.76. The molecule has 0 aromatic carbocycles. The van der Waals surface area contributed by atoms with Crippen LogP contribution in [-0.2, 0) is 19.1 Å². The lowest BCUT2D eigenvalue weighted by Crippen LogP contribution is -2.46. The van der Waals surface area contributed by atoms with Gasteiger partial charge in [-0.3, -0.25) is 9.59 Å². The minimum atomic E-state index is -4.41. The minimum Gasteiger partial charge on any atom is -0.481 e. The molecule has 20 heavy (non-hydrogen) atoms. The van der Waals surface area contributed by atoms with Gasteiger partial charge in [0.1, 0.15) is 6.61 Å². The average molecular weight is 299 g/mol. The number of carboxylic acids is 1. The summed E-state index contributed by atoms with van der Waals surface area (Å²) in [7, 11) is 0. The number of hydrogen-bond donors (Lipinski definition) is 1. The van der Waals surface area contributed by atoms with Crippen LogP contribution in [0.4, 0.5) is 13.2 Å². The monoisotopic (exact) mass is 299 g/mol. The van der Waals surface area contributed by atoms with Crippen molar-refractivity contribution in [2.45, 2.75) is 25.1 Å². The van der Waals surface area contributed by atoms with E-state index in [2.05, 4.69) is 4.74 Å². The number of carbonyl (C=O) groups excluding carboxylic acids is 1. The van der Waals surface area contributed by atoms with Crippen LogP contribution in [0.2, 0.25) is 0 Å². The van der Waals surface area contributed by atoms with E-state index in [1.807, 2.05) is 0 Å². The summed E-state index contributed by atoms with van der Waals surface area (Å²) in [5.41, 5.74) is 0. The number of rotatable bonds is 6. The molecule has 116 valence electrons. The van der Waals surface area contributed by atoms with Gasteiger partial charge in [0.15, 0.2) is 0 Å². The lowest BCUT2D eigenvalue weighted by atomic mass is 10.2. The molecule has 1 aliphatic heterocycles. The number of carbonyl (C=O) groups is 2. The molecule has 0 saturated carbocycles. The molecule has 0 bridgehead atoms. The zero-order chi connectivity index (χ0) is 15.2. The Kier molecular flexibility index (Phi) is 6.21. The van der Waals surface area contributed by atoms with E-state index in [0.29, 0.717) is 6.54 Å². The molecule has 1 fully saturated rings. The van der Waals surface area contributed by atoms with E-state index >= 15 is 0 Å². The van der Waals surface area contributed by atoms with E-state index in [4.69, 9.17) is 9.84 Å². The number of morpholine rings is 1. The molecule has 1 rings (SSSR count). The van der Waals surface area contributed by atoms with Gasteiger partial charge in [0, 0.05) is 13.1 Å². The van der Waals surface area contributed by atoms with Crippen molar-refractivity contribution in [2.24, 2.45) is 0 Å². The molecule has 9 heteroatoms. The van der Waals surface area contributed by atoms with Gasteiger partial charge in [-0.15, -0.1) is 0 Å². The van der Waals surface area contributed by atoms with Crippen molar-refractivity contribution in [2.75, 3.05) is 32.9 Å². The van der Waals surface area contributed by atoms with Crippen LogP contribution in [0.5, 0.6) is 0 Å². The quantitative estimate of drug-likeness (QED) is 0.729. The molecule has 1 unspecified atom stereocenters. The summed E-state index contributed by atoms with van der Waals surface area (Å²) in [4.78, 5) is 23.6. The Morgan fingerprint density at radius 2 is 2.10 bits per heavy atom. The number of amides is 1. The lowest BCUT2D eigenvalue weighted by Gasteiger charge is -2.32. The van der Waals surface area contributed by atoms with Gasteiger partial charge in [0.05, 0.1) is 32.2 Å². The SMILES string of the molecule is O=C(O)CC1CN(C(=O)CCOCC(F)(F)F)CCO1. The van der Waals surface area contributed by atoms with Gasteiger partial charge in [-0.25, -0.2) is 0 Å². The van der Waals surface area contributed by atoms with Crippen molar-refractivity contribution >= 4 is 11.9 Å². The third-order valence-electron chi connectivity index (χ3n) is 2.62. The number of aliphatic carboxylic acids is 1. The minimum absolute atomic E-state index is 0.129. The second-order valence-corrected chi connectivity index (χ2v) is 4.35. The van der Waals surface area contributed by atoms with Crippen molar-refractivity contribution in [1.29, 1.82) is 0 Å². The first kappa shape index (κ1) is 16.7. The van der Waals surface area contributed by atoms with Crippen LogP contribution in [0.3, 0.4) is 0 Å². The molecule has 0 aromatic rings. The maximum atomic E-state index is 11.8. The predicted molar refractivity (Wildman–Crippen MR) is 60.1 cm³/mol. The fraction of sp³-hybridized carbons (Fsp3) is 0.818. The first-order valence-corrected chi connectivity index (χ1v) is 6.03. The summed E-state index contributed by atoms with van der Waals surface area (Å²) in [6.07, 6.45) is -5.37. The van der Waals surface area contributed by atoms with Gasteiger partial charge in [-0.05, 0) is 0 Å². The predicted octanol–water partition coefficient (Wildman–Crippen LogP) is 0.657. The first-order chi connectivity index (χ1) is 9.28. The summed E-state index contributed by atoms with van der Waals surface area (Å²) in [5.74, 6) is -1.40. The molecular formula is C11H16F3NO5. The van der Waals surface area contributed by atoms with Crippen molar-refractivity contribution in [3.8, 4) is 0 Å². The molecule has 1 heterocycles. The molecule has 1 aliphatic rings. The van der Waals surface area contributed by atoms with E-state index in [1.165, 1.54) is 4.90 Å². The molecule has 1 N–H and O–H groups in total. The second kappa shape index (κ2) is 7.44. The number of halogens is 3. The normalized spacial score (nSPS) is 19.9.